The zero-order valence-electron chi connectivity index (χ0n) is 9.41. The monoisotopic (exact) mass is 254 g/mol. The Morgan fingerprint density at radius 2 is 2.18 bits per heavy atom. The van der Waals surface area contributed by atoms with Crippen LogP contribution in [-0.4, -0.2) is 38.9 Å². The molecule has 1 heterocycles. The van der Waals surface area contributed by atoms with Crippen LogP contribution in [0, 0.1) is 0 Å². The van der Waals surface area contributed by atoms with Crippen molar-refractivity contribution in [2.45, 2.75) is 5.88 Å². The summed E-state index contributed by atoms with van der Waals surface area (Å²) in [7, 11) is 0. The van der Waals surface area contributed by atoms with Gasteiger partial charge in [0.15, 0.2) is 0 Å². The van der Waals surface area contributed by atoms with Gasteiger partial charge in [0, 0.05) is 0 Å². The first-order valence-corrected chi connectivity index (χ1v) is 6.27. The second-order valence-electron chi connectivity index (χ2n) is 3.09. The van der Waals surface area contributed by atoms with Crippen molar-refractivity contribution >= 4 is 28.8 Å². The summed E-state index contributed by atoms with van der Waals surface area (Å²) in [4.78, 5) is 9.24. The first-order chi connectivity index (χ1) is 8.19. The number of carboxylic acids is 1. The lowest BCUT2D eigenvalue weighted by atomic mass is 10.3. The van der Waals surface area contributed by atoms with Crippen LogP contribution in [0.4, 0.5) is 0 Å². The predicted octanol–water partition coefficient (Wildman–Crippen LogP) is 0.782. The number of nitrogens with two attached hydrogens (primary N) is 1. The average molecular weight is 254 g/mol. The average Bonchev–Trinajstić information content (AvgIpc) is 2.74. The van der Waals surface area contributed by atoms with E-state index < -0.39 is 5.97 Å². The van der Waals surface area contributed by atoms with Gasteiger partial charge in [-0.2, -0.15) is 0 Å². The summed E-state index contributed by atoms with van der Waals surface area (Å²) in [6.07, 6.45) is 2.05. The zero-order valence-corrected chi connectivity index (χ0v) is 10.2. The maximum absolute atomic E-state index is 9.24. The summed E-state index contributed by atoms with van der Waals surface area (Å²) in [5.41, 5.74) is 6.64. The number of thioether (sulfide) groups is 1. The van der Waals surface area contributed by atoms with E-state index in [1.54, 1.807) is 11.8 Å². The molecule has 1 aromatic carbocycles. The number of fused-ring (bicyclic) bond motifs is 1. The molecule has 0 aliphatic heterocycles. The number of aliphatic carboxylic acids is 1. The van der Waals surface area contributed by atoms with E-state index in [9.17, 15) is 4.79 Å². The van der Waals surface area contributed by atoms with E-state index in [1.165, 1.54) is 0 Å². The Kier molecular flexibility index (Phi) is 5.44. The number of hydrogen-bond acceptors (Lipinski definition) is 5. The Bertz CT molecular complexity index is 486. The highest BCUT2D eigenvalue weighted by Gasteiger charge is 2.00. The molecule has 0 fully saturated rings. The summed E-state index contributed by atoms with van der Waals surface area (Å²) < 4.78 is 1.90. The van der Waals surface area contributed by atoms with Crippen LogP contribution in [0.25, 0.3) is 11.0 Å². The molecule has 0 saturated carbocycles. The molecule has 3 N–H and O–H groups in total. The van der Waals surface area contributed by atoms with E-state index in [2.05, 4.69) is 22.3 Å². The molecule has 92 valence electrons. The molecule has 6 nitrogen and oxygen atoms in total. The van der Waals surface area contributed by atoms with Crippen molar-refractivity contribution in [1.29, 1.82) is 0 Å². The van der Waals surface area contributed by atoms with Crippen LogP contribution in [0.3, 0.4) is 0 Å². The number of para-hydroxylation sites is 1. The van der Waals surface area contributed by atoms with Crippen molar-refractivity contribution in [2.75, 3.05) is 12.8 Å². The smallest absolute Gasteiger partial charge is 0.317 e. The van der Waals surface area contributed by atoms with Crippen LogP contribution in [-0.2, 0) is 10.7 Å². The maximum atomic E-state index is 9.24. The standard InChI is InChI=1S/C8H9N3S.C2H5NO2/c1-12-6-11-8-5-3-2-4-7(8)9-10-11;3-1-2(4)5/h2-5H,6H2,1H3;1,3H2,(H,4,5). The van der Waals surface area contributed by atoms with E-state index in [1.807, 2.05) is 28.9 Å². The molecule has 0 atom stereocenters. The minimum absolute atomic E-state index is 0.278. The molecule has 2 aromatic rings. The highest BCUT2D eigenvalue weighted by molar-refractivity contribution is 7.97. The Hall–Kier alpha value is -1.60. The normalized spacial score (nSPS) is 9.76. The number of carboxylic acid groups (broad SMARTS) is 1. The SMILES string of the molecule is CSCn1nnc2ccccc21.NCC(=O)O. The fourth-order valence-electron chi connectivity index (χ4n) is 1.13. The summed E-state index contributed by atoms with van der Waals surface area (Å²) in [6.45, 7) is -0.278. The molecule has 17 heavy (non-hydrogen) atoms. The second kappa shape index (κ2) is 6.87. The van der Waals surface area contributed by atoms with Gasteiger partial charge in [-0.15, -0.1) is 16.9 Å². The molecule has 0 aliphatic carbocycles. The van der Waals surface area contributed by atoms with Gasteiger partial charge in [-0.25, -0.2) is 4.68 Å². The highest BCUT2D eigenvalue weighted by Crippen LogP contribution is 2.11. The van der Waals surface area contributed by atoms with Gasteiger partial charge in [0.05, 0.1) is 17.9 Å². The first-order valence-electron chi connectivity index (χ1n) is 4.88. The Morgan fingerprint density at radius 3 is 2.76 bits per heavy atom. The molecule has 7 heteroatoms. The van der Waals surface area contributed by atoms with E-state index in [0.717, 1.165) is 16.9 Å². The third-order valence-electron chi connectivity index (χ3n) is 1.85. The Morgan fingerprint density at radius 1 is 1.53 bits per heavy atom. The van der Waals surface area contributed by atoms with Gasteiger partial charge in [-0.1, -0.05) is 17.3 Å². The minimum Gasteiger partial charge on any atom is -0.480 e. The molecule has 2 rings (SSSR count). The lowest BCUT2D eigenvalue weighted by Gasteiger charge is -1.96. The van der Waals surface area contributed by atoms with Crippen molar-refractivity contribution in [1.82, 2.24) is 15.0 Å². The summed E-state index contributed by atoms with van der Waals surface area (Å²) in [6, 6.07) is 7.98. The number of nitrogens with zero attached hydrogens (tertiary/aromatic N) is 3. The van der Waals surface area contributed by atoms with Crippen molar-refractivity contribution < 1.29 is 9.90 Å². The van der Waals surface area contributed by atoms with Gasteiger partial charge in [-0.3, -0.25) is 4.79 Å². The number of benzene rings is 1. The van der Waals surface area contributed by atoms with Crippen molar-refractivity contribution in [3.8, 4) is 0 Å². The minimum atomic E-state index is -0.968. The van der Waals surface area contributed by atoms with E-state index >= 15 is 0 Å². The molecule has 1 aromatic heterocycles. The first kappa shape index (κ1) is 13.5. The summed E-state index contributed by atoms with van der Waals surface area (Å²) in [5, 5.41) is 15.7. The van der Waals surface area contributed by atoms with E-state index in [4.69, 9.17) is 5.11 Å². The number of carbonyl (C=O) groups is 1. The van der Waals surface area contributed by atoms with Crippen molar-refractivity contribution in [2.24, 2.45) is 5.73 Å². The third kappa shape index (κ3) is 4.04. The van der Waals surface area contributed by atoms with Crippen molar-refractivity contribution in [3.05, 3.63) is 24.3 Å². The van der Waals surface area contributed by atoms with Crippen LogP contribution in [0.15, 0.2) is 24.3 Å². The topological polar surface area (TPSA) is 94.0 Å². The lowest BCUT2D eigenvalue weighted by molar-refractivity contribution is -0.135. The van der Waals surface area contributed by atoms with Gasteiger partial charge in [0.25, 0.3) is 0 Å². The van der Waals surface area contributed by atoms with Crippen LogP contribution in [0.2, 0.25) is 0 Å². The van der Waals surface area contributed by atoms with Gasteiger partial charge < -0.3 is 10.8 Å². The van der Waals surface area contributed by atoms with E-state index in [-0.39, 0.29) is 6.54 Å². The summed E-state index contributed by atoms with van der Waals surface area (Å²) in [5.74, 6) is -0.106. The summed E-state index contributed by atoms with van der Waals surface area (Å²) >= 11 is 1.73. The molecular weight excluding hydrogens is 240 g/mol. The molecule has 0 unspecified atom stereocenters. The molecule has 0 spiro atoms. The fourth-order valence-corrected chi connectivity index (χ4v) is 1.57. The quantitative estimate of drug-likeness (QED) is 0.840. The van der Waals surface area contributed by atoms with Gasteiger partial charge in [-0.05, 0) is 18.4 Å². The van der Waals surface area contributed by atoms with Gasteiger partial charge in [0.1, 0.15) is 5.52 Å². The predicted molar refractivity (Wildman–Crippen MR) is 67.7 cm³/mol. The van der Waals surface area contributed by atoms with Crippen LogP contribution < -0.4 is 5.73 Å². The van der Waals surface area contributed by atoms with Crippen LogP contribution >= 0.6 is 11.8 Å². The van der Waals surface area contributed by atoms with Crippen molar-refractivity contribution in [3.63, 3.8) is 0 Å². The number of aromatic nitrogens is 3. The lowest BCUT2D eigenvalue weighted by Crippen LogP contribution is -2.10. The molecular formula is C10H14N4O2S. The van der Waals surface area contributed by atoms with Gasteiger partial charge >= 0.3 is 5.97 Å². The molecule has 0 saturated heterocycles. The molecule has 0 bridgehead atoms. The highest BCUT2D eigenvalue weighted by atomic mass is 32.2. The Labute approximate surface area is 103 Å². The number of rotatable bonds is 3. The zero-order chi connectivity index (χ0) is 12.7. The molecule has 0 amide bonds. The van der Waals surface area contributed by atoms with E-state index in [0.29, 0.717) is 0 Å². The largest absolute Gasteiger partial charge is 0.480 e. The van der Waals surface area contributed by atoms with Crippen LogP contribution in [0.5, 0.6) is 0 Å². The fraction of sp³-hybridized carbons (Fsp3) is 0.300. The third-order valence-corrected chi connectivity index (χ3v) is 2.35. The molecule has 0 aliphatic rings. The van der Waals surface area contributed by atoms with Crippen LogP contribution in [0.1, 0.15) is 0 Å². The second-order valence-corrected chi connectivity index (χ2v) is 3.93. The molecule has 0 radical (unpaired) electrons. The van der Waals surface area contributed by atoms with Gasteiger partial charge in [0.2, 0.25) is 0 Å². The number of hydrogen-bond donors (Lipinski definition) is 2. The maximum Gasteiger partial charge on any atom is 0.317 e. The Balaban J connectivity index is 0.000000249.